The third-order valence-electron chi connectivity index (χ3n) is 2.46. The zero-order valence-corrected chi connectivity index (χ0v) is 12.4. The van der Waals surface area contributed by atoms with E-state index in [0.29, 0.717) is 9.37 Å². The maximum absolute atomic E-state index is 12.7. The molecular formula is C14H10BrF3S. The van der Waals surface area contributed by atoms with Crippen LogP contribution in [0.2, 0.25) is 0 Å². The maximum atomic E-state index is 12.7. The van der Waals surface area contributed by atoms with Crippen LogP contribution in [0.1, 0.15) is 11.1 Å². The zero-order valence-electron chi connectivity index (χ0n) is 9.96. The van der Waals surface area contributed by atoms with Gasteiger partial charge < -0.3 is 0 Å². The molecule has 2 rings (SSSR count). The molecule has 5 heteroatoms. The van der Waals surface area contributed by atoms with E-state index in [2.05, 4.69) is 15.9 Å². The van der Waals surface area contributed by atoms with Crippen LogP contribution in [-0.2, 0) is 6.18 Å². The van der Waals surface area contributed by atoms with Crippen LogP contribution in [0.5, 0.6) is 0 Å². The number of rotatable bonds is 2. The predicted molar refractivity (Wildman–Crippen MR) is 74.4 cm³/mol. The van der Waals surface area contributed by atoms with Crippen molar-refractivity contribution in [1.29, 1.82) is 0 Å². The van der Waals surface area contributed by atoms with Crippen molar-refractivity contribution in [3.05, 3.63) is 58.1 Å². The van der Waals surface area contributed by atoms with Crippen LogP contribution in [0, 0.1) is 6.92 Å². The zero-order chi connectivity index (χ0) is 14.0. The molecule has 0 unspecified atom stereocenters. The summed E-state index contributed by atoms with van der Waals surface area (Å²) < 4.78 is 38.6. The molecule has 0 bridgehead atoms. The molecule has 0 saturated heterocycles. The van der Waals surface area contributed by atoms with E-state index < -0.39 is 11.7 Å². The monoisotopic (exact) mass is 346 g/mol. The van der Waals surface area contributed by atoms with E-state index >= 15 is 0 Å². The highest BCUT2D eigenvalue weighted by Gasteiger charge is 2.31. The molecule has 0 atom stereocenters. The molecular weight excluding hydrogens is 337 g/mol. The van der Waals surface area contributed by atoms with Gasteiger partial charge in [-0.2, -0.15) is 13.2 Å². The van der Waals surface area contributed by atoms with E-state index in [1.807, 2.05) is 31.2 Å². The van der Waals surface area contributed by atoms with E-state index in [1.165, 1.54) is 11.8 Å². The molecule has 0 fully saturated rings. The van der Waals surface area contributed by atoms with Crippen LogP contribution < -0.4 is 0 Å². The summed E-state index contributed by atoms with van der Waals surface area (Å²) in [6.07, 6.45) is -4.33. The van der Waals surface area contributed by atoms with Crippen molar-refractivity contribution in [1.82, 2.24) is 0 Å². The first-order chi connectivity index (χ1) is 8.84. The molecule has 2 aromatic rings. The molecule has 100 valence electrons. The summed E-state index contributed by atoms with van der Waals surface area (Å²) in [5, 5.41) is 0. The lowest BCUT2D eigenvalue weighted by molar-refractivity contribution is -0.137. The molecule has 0 nitrogen and oxygen atoms in total. The van der Waals surface area contributed by atoms with E-state index in [0.717, 1.165) is 22.6 Å². The first-order valence-corrected chi connectivity index (χ1v) is 7.08. The molecule has 0 amide bonds. The SMILES string of the molecule is Cc1ccc(Sc2cc(Br)cc(C(F)(F)F)c2)cc1. The van der Waals surface area contributed by atoms with Crippen LogP contribution >= 0.6 is 27.7 Å². The Labute approximate surface area is 122 Å². The lowest BCUT2D eigenvalue weighted by atomic mass is 10.2. The molecule has 0 aliphatic rings. The normalized spacial score (nSPS) is 11.6. The molecule has 0 aliphatic heterocycles. The van der Waals surface area contributed by atoms with Gasteiger partial charge in [0.05, 0.1) is 5.56 Å². The standard InChI is InChI=1S/C14H10BrF3S/c1-9-2-4-12(5-3-9)19-13-7-10(14(16,17)18)6-11(15)8-13/h2-8H,1H3. The molecule has 0 radical (unpaired) electrons. The number of aryl methyl sites for hydroxylation is 1. The number of hydrogen-bond acceptors (Lipinski definition) is 1. The molecule has 0 spiro atoms. The number of alkyl halides is 3. The van der Waals surface area contributed by atoms with Crippen molar-refractivity contribution < 1.29 is 13.2 Å². The third-order valence-corrected chi connectivity index (χ3v) is 3.89. The Morgan fingerprint density at radius 3 is 2.16 bits per heavy atom. The summed E-state index contributed by atoms with van der Waals surface area (Å²) in [5.74, 6) is 0. The average Bonchev–Trinajstić information content (AvgIpc) is 2.30. The van der Waals surface area contributed by atoms with Crippen molar-refractivity contribution in [2.24, 2.45) is 0 Å². The maximum Gasteiger partial charge on any atom is 0.416 e. The van der Waals surface area contributed by atoms with Crippen molar-refractivity contribution in [3.63, 3.8) is 0 Å². The van der Waals surface area contributed by atoms with Gasteiger partial charge in [-0.15, -0.1) is 0 Å². The second-order valence-electron chi connectivity index (χ2n) is 4.09. The molecule has 0 heterocycles. The summed E-state index contributed by atoms with van der Waals surface area (Å²) in [4.78, 5) is 1.47. The Bertz CT molecular complexity index is 576. The highest BCUT2D eigenvalue weighted by molar-refractivity contribution is 9.10. The second kappa shape index (κ2) is 5.59. The minimum atomic E-state index is -4.33. The van der Waals surface area contributed by atoms with E-state index in [-0.39, 0.29) is 0 Å². The number of halogens is 4. The topological polar surface area (TPSA) is 0 Å². The van der Waals surface area contributed by atoms with Crippen LogP contribution in [0.25, 0.3) is 0 Å². The van der Waals surface area contributed by atoms with Gasteiger partial charge in [0.25, 0.3) is 0 Å². The van der Waals surface area contributed by atoms with Gasteiger partial charge in [-0.3, -0.25) is 0 Å². The van der Waals surface area contributed by atoms with Crippen LogP contribution in [0.4, 0.5) is 13.2 Å². The molecule has 19 heavy (non-hydrogen) atoms. The molecule has 2 aromatic carbocycles. The van der Waals surface area contributed by atoms with Crippen molar-refractivity contribution >= 4 is 27.7 Å². The largest absolute Gasteiger partial charge is 0.416 e. The van der Waals surface area contributed by atoms with Crippen LogP contribution in [0.15, 0.2) is 56.7 Å². The highest BCUT2D eigenvalue weighted by atomic mass is 79.9. The Balaban J connectivity index is 2.30. The molecule has 0 aromatic heterocycles. The fourth-order valence-corrected chi connectivity index (χ4v) is 3.09. The van der Waals surface area contributed by atoms with Crippen molar-refractivity contribution in [2.75, 3.05) is 0 Å². The van der Waals surface area contributed by atoms with Gasteiger partial charge in [-0.25, -0.2) is 0 Å². The molecule has 0 saturated carbocycles. The highest BCUT2D eigenvalue weighted by Crippen LogP contribution is 2.36. The van der Waals surface area contributed by atoms with Crippen molar-refractivity contribution in [3.8, 4) is 0 Å². The predicted octanol–water partition coefficient (Wildman–Crippen LogP) is 5.93. The lowest BCUT2D eigenvalue weighted by Crippen LogP contribution is -2.04. The Morgan fingerprint density at radius 1 is 0.947 bits per heavy atom. The van der Waals surface area contributed by atoms with Gasteiger partial charge in [0.2, 0.25) is 0 Å². The van der Waals surface area contributed by atoms with Gasteiger partial charge in [-0.1, -0.05) is 45.4 Å². The summed E-state index contributed by atoms with van der Waals surface area (Å²) in [5.41, 5.74) is 0.478. The Morgan fingerprint density at radius 2 is 1.58 bits per heavy atom. The lowest BCUT2D eigenvalue weighted by Gasteiger charge is -2.10. The molecule has 0 N–H and O–H groups in total. The van der Waals surface area contributed by atoms with Crippen molar-refractivity contribution in [2.45, 2.75) is 22.9 Å². The van der Waals surface area contributed by atoms with Gasteiger partial charge in [0.15, 0.2) is 0 Å². The van der Waals surface area contributed by atoms with E-state index in [1.54, 1.807) is 6.07 Å². The van der Waals surface area contributed by atoms with Gasteiger partial charge in [0, 0.05) is 14.3 Å². The Kier molecular flexibility index (Phi) is 4.26. The smallest absolute Gasteiger partial charge is 0.166 e. The summed E-state index contributed by atoms with van der Waals surface area (Å²) in [6.45, 7) is 1.97. The molecule has 0 aliphatic carbocycles. The van der Waals surface area contributed by atoms with E-state index in [9.17, 15) is 13.2 Å². The van der Waals surface area contributed by atoms with Crippen LogP contribution in [0.3, 0.4) is 0 Å². The number of benzene rings is 2. The minimum absolute atomic E-state index is 0.428. The average molecular weight is 347 g/mol. The quantitative estimate of drug-likeness (QED) is 0.649. The fourth-order valence-electron chi connectivity index (χ4n) is 1.53. The summed E-state index contributed by atoms with van der Waals surface area (Å²) in [7, 11) is 0. The summed E-state index contributed by atoms with van der Waals surface area (Å²) >= 11 is 4.43. The summed E-state index contributed by atoms with van der Waals surface area (Å²) in [6, 6.07) is 11.6. The third kappa shape index (κ3) is 4.01. The Hall–Kier alpha value is -0.940. The number of hydrogen-bond donors (Lipinski definition) is 0. The van der Waals surface area contributed by atoms with Gasteiger partial charge >= 0.3 is 6.18 Å². The minimum Gasteiger partial charge on any atom is -0.166 e. The fraction of sp³-hybridized carbons (Fsp3) is 0.143. The van der Waals surface area contributed by atoms with Crippen LogP contribution in [-0.4, -0.2) is 0 Å². The van der Waals surface area contributed by atoms with E-state index in [4.69, 9.17) is 0 Å². The second-order valence-corrected chi connectivity index (χ2v) is 6.15. The van der Waals surface area contributed by atoms with Gasteiger partial charge in [-0.05, 0) is 37.3 Å². The van der Waals surface area contributed by atoms with Gasteiger partial charge in [0.1, 0.15) is 0 Å². The first-order valence-electron chi connectivity index (χ1n) is 5.47. The first kappa shape index (κ1) is 14.5.